The van der Waals surface area contributed by atoms with Gasteiger partial charge in [-0.1, -0.05) is 18.1 Å². The van der Waals surface area contributed by atoms with Crippen LogP contribution in [0.3, 0.4) is 0 Å². The molecule has 2 N–H and O–H groups in total. The Kier molecular flexibility index (Phi) is 4.47. The standard InChI is InChI=1S/C15H21N3O3/c1-5-13-17-14(18-21-13)15(2,16)9-10-6-7-11(19-3)12(8-10)20-4/h6-8H,5,9,16H2,1-4H3. The van der Waals surface area contributed by atoms with E-state index in [1.165, 1.54) is 0 Å². The van der Waals surface area contributed by atoms with Crippen molar-refractivity contribution in [2.45, 2.75) is 32.2 Å². The predicted molar refractivity (Wildman–Crippen MR) is 78.5 cm³/mol. The molecule has 1 aromatic carbocycles. The number of hydrogen-bond donors (Lipinski definition) is 1. The van der Waals surface area contributed by atoms with E-state index in [0.29, 0.717) is 36.1 Å². The van der Waals surface area contributed by atoms with Gasteiger partial charge < -0.3 is 19.7 Å². The lowest BCUT2D eigenvalue weighted by molar-refractivity contribution is 0.351. The summed E-state index contributed by atoms with van der Waals surface area (Å²) >= 11 is 0. The van der Waals surface area contributed by atoms with Gasteiger partial charge in [-0.05, 0) is 31.0 Å². The van der Waals surface area contributed by atoms with Crippen molar-refractivity contribution in [3.63, 3.8) is 0 Å². The molecule has 6 nitrogen and oxygen atoms in total. The van der Waals surface area contributed by atoms with E-state index in [1.54, 1.807) is 14.2 Å². The summed E-state index contributed by atoms with van der Waals surface area (Å²) in [6.07, 6.45) is 1.26. The average molecular weight is 291 g/mol. The van der Waals surface area contributed by atoms with Crippen LogP contribution in [0.1, 0.15) is 31.1 Å². The number of aromatic nitrogens is 2. The Morgan fingerprint density at radius 3 is 2.52 bits per heavy atom. The van der Waals surface area contributed by atoms with Gasteiger partial charge in [0.15, 0.2) is 17.3 Å². The van der Waals surface area contributed by atoms with Crippen molar-refractivity contribution in [2.75, 3.05) is 14.2 Å². The van der Waals surface area contributed by atoms with E-state index in [-0.39, 0.29) is 0 Å². The lowest BCUT2D eigenvalue weighted by Crippen LogP contribution is -2.36. The molecular formula is C15H21N3O3. The fourth-order valence-corrected chi connectivity index (χ4v) is 2.12. The second kappa shape index (κ2) is 6.13. The van der Waals surface area contributed by atoms with Gasteiger partial charge in [0.2, 0.25) is 5.89 Å². The van der Waals surface area contributed by atoms with Crippen molar-refractivity contribution >= 4 is 0 Å². The normalized spacial score (nSPS) is 13.8. The first kappa shape index (κ1) is 15.3. The largest absolute Gasteiger partial charge is 0.493 e. The first-order chi connectivity index (χ1) is 10.00. The van der Waals surface area contributed by atoms with Crippen molar-refractivity contribution in [3.05, 3.63) is 35.5 Å². The Morgan fingerprint density at radius 1 is 1.24 bits per heavy atom. The number of benzene rings is 1. The Hall–Kier alpha value is -2.08. The summed E-state index contributed by atoms with van der Waals surface area (Å²) in [6.45, 7) is 3.84. The molecule has 0 spiro atoms. The summed E-state index contributed by atoms with van der Waals surface area (Å²) in [4.78, 5) is 4.31. The molecule has 0 fully saturated rings. The summed E-state index contributed by atoms with van der Waals surface area (Å²) in [5.74, 6) is 2.46. The van der Waals surface area contributed by atoms with Gasteiger partial charge in [0.05, 0.1) is 19.8 Å². The van der Waals surface area contributed by atoms with Crippen LogP contribution in [0.25, 0.3) is 0 Å². The number of nitrogens with zero attached hydrogens (tertiary/aromatic N) is 2. The van der Waals surface area contributed by atoms with Crippen molar-refractivity contribution in [1.82, 2.24) is 10.1 Å². The number of ether oxygens (including phenoxy) is 2. The molecule has 1 atom stereocenters. The average Bonchev–Trinajstić information content (AvgIpc) is 2.96. The molecule has 0 saturated heterocycles. The molecule has 1 heterocycles. The molecule has 1 unspecified atom stereocenters. The summed E-state index contributed by atoms with van der Waals surface area (Å²) < 4.78 is 15.7. The number of rotatable bonds is 6. The molecule has 0 saturated carbocycles. The van der Waals surface area contributed by atoms with Crippen LogP contribution >= 0.6 is 0 Å². The van der Waals surface area contributed by atoms with E-state index < -0.39 is 5.54 Å². The maximum atomic E-state index is 6.34. The van der Waals surface area contributed by atoms with Crippen LogP contribution < -0.4 is 15.2 Å². The third-order valence-corrected chi connectivity index (χ3v) is 3.30. The summed E-state index contributed by atoms with van der Waals surface area (Å²) in [5, 5.41) is 3.96. The van der Waals surface area contributed by atoms with Crippen LogP contribution in [0, 0.1) is 0 Å². The Labute approximate surface area is 124 Å². The molecule has 0 aliphatic rings. The zero-order valence-electron chi connectivity index (χ0n) is 12.8. The molecule has 2 aromatic rings. The van der Waals surface area contributed by atoms with Crippen molar-refractivity contribution in [3.8, 4) is 11.5 Å². The van der Waals surface area contributed by atoms with Gasteiger partial charge >= 0.3 is 0 Å². The molecule has 0 aliphatic heterocycles. The van der Waals surface area contributed by atoms with E-state index in [4.69, 9.17) is 19.7 Å². The first-order valence-corrected chi connectivity index (χ1v) is 6.83. The maximum Gasteiger partial charge on any atom is 0.226 e. The highest BCUT2D eigenvalue weighted by Gasteiger charge is 2.28. The van der Waals surface area contributed by atoms with Gasteiger partial charge in [-0.3, -0.25) is 0 Å². The molecule has 0 amide bonds. The van der Waals surface area contributed by atoms with Crippen molar-refractivity contribution < 1.29 is 14.0 Å². The lowest BCUT2D eigenvalue weighted by atomic mass is 9.93. The molecular weight excluding hydrogens is 270 g/mol. The summed E-state index contributed by atoms with van der Waals surface area (Å²) in [7, 11) is 3.21. The topological polar surface area (TPSA) is 83.4 Å². The highest BCUT2D eigenvalue weighted by atomic mass is 16.5. The maximum absolute atomic E-state index is 6.34. The Balaban J connectivity index is 2.23. The Bertz CT molecular complexity index is 608. The third-order valence-electron chi connectivity index (χ3n) is 3.30. The van der Waals surface area contributed by atoms with Crippen LogP contribution in [0.15, 0.2) is 22.7 Å². The highest BCUT2D eigenvalue weighted by molar-refractivity contribution is 5.43. The molecule has 0 radical (unpaired) electrons. The minimum atomic E-state index is -0.712. The zero-order chi connectivity index (χ0) is 15.5. The highest BCUT2D eigenvalue weighted by Crippen LogP contribution is 2.30. The number of aryl methyl sites for hydroxylation is 1. The fourth-order valence-electron chi connectivity index (χ4n) is 2.12. The van der Waals surface area contributed by atoms with Crippen LogP contribution in [0.2, 0.25) is 0 Å². The minimum absolute atomic E-state index is 0.508. The van der Waals surface area contributed by atoms with E-state index >= 15 is 0 Å². The van der Waals surface area contributed by atoms with Gasteiger partial charge in [-0.2, -0.15) is 4.98 Å². The molecule has 21 heavy (non-hydrogen) atoms. The Morgan fingerprint density at radius 2 is 1.95 bits per heavy atom. The lowest BCUT2D eigenvalue weighted by Gasteiger charge is -2.21. The van der Waals surface area contributed by atoms with Gasteiger partial charge in [-0.15, -0.1) is 0 Å². The quantitative estimate of drug-likeness (QED) is 0.877. The second-order valence-electron chi connectivity index (χ2n) is 5.15. The minimum Gasteiger partial charge on any atom is -0.493 e. The summed E-state index contributed by atoms with van der Waals surface area (Å²) in [6, 6.07) is 5.72. The van der Waals surface area contributed by atoms with Crippen LogP contribution in [0.5, 0.6) is 11.5 Å². The zero-order valence-corrected chi connectivity index (χ0v) is 12.8. The van der Waals surface area contributed by atoms with E-state index in [9.17, 15) is 0 Å². The van der Waals surface area contributed by atoms with Gasteiger partial charge in [0.25, 0.3) is 0 Å². The van der Waals surface area contributed by atoms with Gasteiger partial charge in [0, 0.05) is 6.42 Å². The number of nitrogens with two attached hydrogens (primary N) is 1. The SMILES string of the molecule is CCc1nc(C(C)(N)Cc2ccc(OC)c(OC)c2)no1. The smallest absolute Gasteiger partial charge is 0.226 e. The molecule has 6 heteroatoms. The number of hydrogen-bond acceptors (Lipinski definition) is 6. The van der Waals surface area contributed by atoms with Crippen molar-refractivity contribution in [1.29, 1.82) is 0 Å². The van der Waals surface area contributed by atoms with E-state index in [1.807, 2.05) is 32.0 Å². The van der Waals surface area contributed by atoms with Gasteiger partial charge in [0.1, 0.15) is 0 Å². The molecule has 0 bridgehead atoms. The number of methoxy groups -OCH3 is 2. The summed E-state index contributed by atoms with van der Waals surface area (Å²) in [5.41, 5.74) is 6.65. The van der Waals surface area contributed by atoms with Crippen molar-refractivity contribution in [2.24, 2.45) is 5.73 Å². The predicted octanol–water partition coefficient (Wildman–Crippen LogP) is 2.07. The van der Waals surface area contributed by atoms with E-state index in [2.05, 4.69) is 10.1 Å². The molecule has 0 aliphatic carbocycles. The van der Waals surface area contributed by atoms with Crippen LogP contribution in [0.4, 0.5) is 0 Å². The third kappa shape index (κ3) is 3.33. The van der Waals surface area contributed by atoms with Crippen LogP contribution in [-0.4, -0.2) is 24.4 Å². The monoisotopic (exact) mass is 291 g/mol. The molecule has 114 valence electrons. The van der Waals surface area contributed by atoms with E-state index in [0.717, 1.165) is 5.56 Å². The molecule has 2 rings (SSSR count). The second-order valence-corrected chi connectivity index (χ2v) is 5.15. The van der Waals surface area contributed by atoms with Gasteiger partial charge in [-0.25, -0.2) is 0 Å². The van der Waals surface area contributed by atoms with Crippen LogP contribution in [-0.2, 0) is 18.4 Å². The first-order valence-electron chi connectivity index (χ1n) is 6.83. The fraction of sp³-hybridized carbons (Fsp3) is 0.467. The molecule has 1 aromatic heterocycles.